The number of benzene rings is 2. The van der Waals surface area contributed by atoms with Crippen LogP contribution in [0.2, 0.25) is 0 Å². The second-order valence-electron chi connectivity index (χ2n) is 9.70. The van der Waals surface area contributed by atoms with Crippen molar-refractivity contribution < 1.29 is 24.2 Å². The van der Waals surface area contributed by atoms with Crippen molar-refractivity contribution in [2.45, 2.75) is 57.4 Å². The van der Waals surface area contributed by atoms with Gasteiger partial charge in [-0.25, -0.2) is 4.79 Å². The van der Waals surface area contributed by atoms with Gasteiger partial charge in [0.2, 0.25) is 5.91 Å². The molecule has 0 heterocycles. The Morgan fingerprint density at radius 2 is 1.69 bits per heavy atom. The molecule has 186 valence electrons. The van der Waals surface area contributed by atoms with E-state index in [4.69, 9.17) is 9.84 Å². The maximum absolute atomic E-state index is 12.6. The molecule has 3 unspecified atom stereocenters. The summed E-state index contributed by atoms with van der Waals surface area (Å²) in [5.41, 5.74) is 4.73. The van der Waals surface area contributed by atoms with Crippen LogP contribution in [0.5, 0.6) is 0 Å². The summed E-state index contributed by atoms with van der Waals surface area (Å²) < 4.78 is 5.66. The third-order valence-corrected chi connectivity index (χ3v) is 7.25. The van der Waals surface area contributed by atoms with E-state index in [0.29, 0.717) is 25.8 Å². The number of carboxylic acid groups (broad SMARTS) is 1. The predicted octanol–water partition coefficient (Wildman–Crippen LogP) is 4.70. The highest BCUT2D eigenvalue weighted by Crippen LogP contribution is 2.44. The zero-order valence-corrected chi connectivity index (χ0v) is 20.2. The lowest BCUT2D eigenvalue weighted by Gasteiger charge is -2.29. The molecule has 2 amide bonds. The summed E-state index contributed by atoms with van der Waals surface area (Å²) in [5, 5.41) is 14.8. The monoisotopic (exact) mass is 478 g/mol. The molecule has 0 spiro atoms. The first kappa shape index (κ1) is 24.8. The quantitative estimate of drug-likeness (QED) is 0.453. The zero-order valence-electron chi connectivity index (χ0n) is 20.2. The Kier molecular flexibility index (Phi) is 8.06. The van der Waals surface area contributed by atoms with Crippen LogP contribution in [0, 0.1) is 11.8 Å². The second-order valence-corrected chi connectivity index (χ2v) is 9.70. The Hall–Kier alpha value is -3.35. The summed E-state index contributed by atoms with van der Waals surface area (Å²) in [6.07, 6.45) is 3.79. The Labute approximate surface area is 206 Å². The van der Waals surface area contributed by atoms with E-state index in [9.17, 15) is 14.4 Å². The molecule has 0 bridgehead atoms. The van der Waals surface area contributed by atoms with Crippen LogP contribution in [-0.4, -0.2) is 42.3 Å². The van der Waals surface area contributed by atoms with Gasteiger partial charge in [-0.1, -0.05) is 61.9 Å². The number of carbonyl (C=O) groups is 3. The van der Waals surface area contributed by atoms with Crippen LogP contribution in [0.1, 0.15) is 62.5 Å². The molecular weight excluding hydrogens is 444 g/mol. The smallest absolute Gasteiger partial charge is 0.407 e. The molecule has 1 saturated carbocycles. The lowest BCUT2D eigenvalue weighted by atomic mass is 9.85. The van der Waals surface area contributed by atoms with Crippen molar-refractivity contribution in [3.63, 3.8) is 0 Å². The molecule has 3 N–H and O–H groups in total. The van der Waals surface area contributed by atoms with Crippen molar-refractivity contribution in [3.05, 3.63) is 59.7 Å². The van der Waals surface area contributed by atoms with Gasteiger partial charge in [-0.3, -0.25) is 9.59 Å². The Balaban J connectivity index is 1.24. The fourth-order valence-electron chi connectivity index (χ4n) is 5.25. The molecule has 2 aliphatic carbocycles. The maximum atomic E-state index is 12.6. The van der Waals surface area contributed by atoms with Gasteiger partial charge in [0.05, 0.1) is 5.92 Å². The second kappa shape index (κ2) is 11.4. The van der Waals surface area contributed by atoms with Crippen LogP contribution >= 0.6 is 0 Å². The third kappa shape index (κ3) is 6.02. The first-order chi connectivity index (χ1) is 16.9. The Bertz CT molecular complexity index is 1020. The summed E-state index contributed by atoms with van der Waals surface area (Å²) in [4.78, 5) is 36.1. The predicted molar refractivity (Wildman–Crippen MR) is 133 cm³/mol. The number of alkyl carbamates (subject to hydrolysis) is 1. The third-order valence-electron chi connectivity index (χ3n) is 7.25. The summed E-state index contributed by atoms with van der Waals surface area (Å²) in [5.74, 6) is -1.38. The van der Waals surface area contributed by atoms with Crippen molar-refractivity contribution in [1.29, 1.82) is 0 Å². The first-order valence-electron chi connectivity index (χ1n) is 12.6. The highest BCUT2D eigenvalue weighted by molar-refractivity contribution is 5.80. The van der Waals surface area contributed by atoms with Gasteiger partial charge in [0.25, 0.3) is 0 Å². The highest BCUT2D eigenvalue weighted by atomic mass is 16.5. The van der Waals surface area contributed by atoms with E-state index in [1.807, 2.05) is 24.3 Å². The minimum Gasteiger partial charge on any atom is -0.481 e. The highest BCUT2D eigenvalue weighted by Gasteiger charge is 2.31. The minimum atomic E-state index is -0.814. The fourth-order valence-corrected chi connectivity index (χ4v) is 5.25. The average Bonchev–Trinajstić information content (AvgIpc) is 3.19. The van der Waals surface area contributed by atoms with Crippen LogP contribution in [-0.2, 0) is 14.3 Å². The van der Waals surface area contributed by atoms with Crippen LogP contribution in [0.4, 0.5) is 4.79 Å². The van der Waals surface area contributed by atoms with Crippen molar-refractivity contribution in [2.24, 2.45) is 11.8 Å². The Morgan fingerprint density at radius 3 is 2.34 bits per heavy atom. The van der Waals surface area contributed by atoms with E-state index >= 15 is 0 Å². The molecule has 0 aliphatic heterocycles. The van der Waals surface area contributed by atoms with Crippen molar-refractivity contribution >= 4 is 18.0 Å². The van der Waals surface area contributed by atoms with E-state index in [-0.39, 0.29) is 30.4 Å². The molecule has 2 aromatic rings. The van der Waals surface area contributed by atoms with Gasteiger partial charge < -0.3 is 20.5 Å². The molecule has 1 fully saturated rings. The van der Waals surface area contributed by atoms with Gasteiger partial charge in [-0.2, -0.15) is 0 Å². The number of hydrogen-bond acceptors (Lipinski definition) is 4. The number of nitrogens with one attached hydrogen (secondary N) is 2. The number of carbonyl (C=O) groups excluding carboxylic acids is 2. The standard InChI is InChI=1S/C28H34N2O5/c1-18(27(32)33)8-7-15-29-26(31)19-9-6-10-20(16-19)30-28(34)35-17-25-23-13-4-2-11-21(23)22-12-3-5-14-24(22)25/h2-5,11-14,18-20,25H,6-10,15-17H2,1H3,(H,29,31)(H,30,34)(H,32,33). The summed E-state index contributed by atoms with van der Waals surface area (Å²) >= 11 is 0. The molecule has 0 radical (unpaired) electrons. The zero-order chi connectivity index (χ0) is 24.8. The molecular formula is C28H34N2O5. The van der Waals surface area contributed by atoms with Crippen LogP contribution in [0.25, 0.3) is 11.1 Å². The van der Waals surface area contributed by atoms with Crippen LogP contribution < -0.4 is 10.6 Å². The Morgan fingerprint density at radius 1 is 1.03 bits per heavy atom. The van der Waals surface area contributed by atoms with Gasteiger partial charge in [0.1, 0.15) is 6.61 Å². The molecule has 4 rings (SSSR count). The number of aliphatic carboxylic acids is 1. The van der Waals surface area contributed by atoms with Crippen molar-refractivity contribution in [3.8, 4) is 11.1 Å². The van der Waals surface area contributed by atoms with E-state index in [0.717, 1.165) is 19.3 Å². The van der Waals surface area contributed by atoms with Gasteiger partial charge in [-0.05, 0) is 54.4 Å². The normalized spacial score (nSPS) is 19.8. The molecule has 0 aromatic heterocycles. The van der Waals surface area contributed by atoms with E-state index in [1.54, 1.807) is 6.92 Å². The van der Waals surface area contributed by atoms with Crippen LogP contribution in [0.15, 0.2) is 48.5 Å². The average molecular weight is 479 g/mol. The minimum absolute atomic E-state index is 0.0156. The first-order valence-corrected chi connectivity index (χ1v) is 12.6. The lowest BCUT2D eigenvalue weighted by Crippen LogP contribution is -2.43. The lowest BCUT2D eigenvalue weighted by molar-refractivity contribution is -0.141. The molecule has 7 nitrogen and oxygen atoms in total. The molecule has 35 heavy (non-hydrogen) atoms. The maximum Gasteiger partial charge on any atom is 0.407 e. The molecule has 2 aliphatic rings. The van der Waals surface area contributed by atoms with Gasteiger partial charge in [-0.15, -0.1) is 0 Å². The summed E-state index contributed by atoms with van der Waals surface area (Å²) in [6, 6.07) is 16.4. The largest absolute Gasteiger partial charge is 0.481 e. The van der Waals surface area contributed by atoms with Gasteiger partial charge >= 0.3 is 12.1 Å². The molecule has 2 aromatic carbocycles. The van der Waals surface area contributed by atoms with E-state index in [2.05, 4.69) is 34.9 Å². The SMILES string of the molecule is CC(CCCNC(=O)C1CCCC(NC(=O)OCC2c3ccccc3-c3ccccc32)C1)C(=O)O. The van der Waals surface area contributed by atoms with Gasteiger partial charge in [0.15, 0.2) is 0 Å². The topological polar surface area (TPSA) is 105 Å². The molecule has 3 atom stereocenters. The number of carboxylic acids is 1. The number of rotatable bonds is 9. The number of hydrogen-bond donors (Lipinski definition) is 3. The summed E-state index contributed by atoms with van der Waals surface area (Å²) in [7, 11) is 0. The summed E-state index contributed by atoms with van der Waals surface area (Å²) in [6.45, 7) is 2.41. The van der Waals surface area contributed by atoms with Gasteiger partial charge in [0, 0.05) is 24.4 Å². The van der Waals surface area contributed by atoms with Crippen LogP contribution in [0.3, 0.4) is 0 Å². The van der Waals surface area contributed by atoms with E-state index in [1.165, 1.54) is 22.3 Å². The van der Waals surface area contributed by atoms with E-state index < -0.39 is 18.0 Å². The number of fused-ring (bicyclic) bond motifs is 3. The fraction of sp³-hybridized carbons (Fsp3) is 0.464. The van der Waals surface area contributed by atoms with Crippen molar-refractivity contribution in [1.82, 2.24) is 10.6 Å². The molecule has 7 heteroatoms. The number of amides is 2. The van der Waals surface area contributed by atoms with Crippen molar-refractivity contribution in [2.75, 3.05) is 13.2 Å². The number of ether oxygens (including phenoxy) is 1. The molecule has 0 saturated heterocycles.